The average molecular weight is 437 g/mol. The number of benzene rings is 2. The zero-order valence-electron chi connectivity index (χ0n) is 16.1. The van der Waals surface area contributed by atoms with Crippen LogP contribution >= 0.6 is 11.6 Å². The maximum atomic E-state index is 13.2. The fraction of sp³-hybridized carbons (Fsp3) is 0.238. The zero-order chi connectivity index (χ0) is 21.9. The summed E-state index contributed by atoms with van der Waals surface area (Å²) in [6.45, 7) is -0.0138. The number of amides is 1. The minimum Gasteiger partial charge on any atom is -0.348 e. The molecule has 1 aromatic heterocycles. The van der Waals surface area contributed by atoms with E-state index in [4.69, 9.17) is 17.3 Å². The molecule has 0 spiro atoms. The van der Waals surface area contributed by atoms with Gasteiger partial charge in [-0.05, 0) is 42.3 Å². The molecule has 0 aliphatic rings. The van der Waals surface area contributed by atoms with E-state index < -0.39 is 23.7 Å². The Morgan fingerprint density at radius 1 is 1.23 bits per heavy atom. The third-order valence-electron chi connectivity index (χ3n) is 4.73. The first-order valence-corrected chi connectivity index (χ1v) is 9.52. The number of hydrogen-bond acceptors (Lipinski definition) is 3. The lowest BCUT2D eigenvalue weighted by molar-refractivity contribution is -0.138. The molecule has 1 atom stereocenters. The number of alkyl halides is 3. The van der Waals surface area contributed by atoms with Crippen molar-refractivity contribution in [3.63, 3.8) is 0 Å². The molecule has 5 nitrogen and oxygen atoms in total. The Labute approximate surface area is 176 Å². The lowest BCUT2D eigenvalue weighted by Gasteiger charge is -2.20. The number of rotatable bonds is 6. The Balaban J connectivity index is 1.81. The van der Waals surface area contributed by atoms with Crippen molar-refractivity contribution in [1.29, 1.82) is 0 Å². The van der Waals surface area contributed by atoms with Crippen LogP contribution in [0.5, 0.6) is 0 Å². The quantitative estimate of drug-likeness (QED) is 0.612. The number of aromatic nitrogens is 2. The first-order chi connectivity index (χ1) is 14.2. The number of aryl methyl sites for hydroxylation is 1. The second-order valence-electron chi connectivity index (χ2n) is 6.80. The van der Waals surface area contributed by atoms with E-state index in [1.54, 1.807) is 42.2 Å². The highest BCUT2D eigenvalue weighted by atomic mass is 35.5. The average Bonchev–Trinajstić information content (AvgIpc) is 3.13. The van der Waals surface area contributed by atoms with Gasteiger partial charge in [-0.15, -0.1) is 0 Å². The first kappa shape index (κ1) is 21.9. The van der Waals surface area contributed by atoms with E-state index in [9.17, 15) is 18.0 Å². The van der Waals surface area contributed by atoms with Gasteiger partial charge in [0.15, 0.2) is 0 Å². The highest BCUT2D eigenvalue weighted by Gasteiger charge is 2.33. The molecule has 0 saturated carbocycles. The van der Waals surface area contributed by atoms with Gasteiger partial charge in [0.05, 0.1) is 11.3 Å². The molecule has 158 valence electrons. The third kappa shape index (κ3) is 4.83. The van der Waals surface area contributed by atoms with Crippen LogP contribution in [-0.4, -0.2) is 28.3 Å². The van der Waals surface area contributed by atoms with Crippen LogP contribution in [0.4, 0.5) is 13.2 Å². The molecule has 0 bridgehead atoms. The van der Waals surface area contributed by atoms with Gasteiger partial charge in [-0.1, -0.05) is 29.8 Å². The summed E-state index contributed by atoms with van der Waals surface area (Å²) in [5, 5.41) is 7.26. The van der Waals surface area contributed by atoms with E-state index in [0.717, 1.165) is 11.8 Å². The Kier molecular flexibility index (Phi) is 6.48. The highest BCUT2D eigenvalue weighted by Crippen LogP contribution is 2.32. The molecule has 0 radical (unpaired) electrons. The van der Waals surface area contributed by atoms with Crippen LogP contribution in [0.25, 0.3) is 11.3 Å². The zero-order valence-corrected chi connectivity index (χ0v) is 16.8. The van der Waals surface area contributed by atoms with Crippen LogP contribution in [-0.2, 0) is 19.6 Å². The van der Waals surface area contributed by atoms with Crippen LogP contribution < -0.4 is 11.1 Å². The summed E-state index contributed by atoms with van der Waals surface area (Å²) in [5.41, 5.74) is 6.74. The van der Waals surface area contributed by atoms with Crippen molar-refractivity contribution in [3.05, 3.63) is 76.4 Å². The van der Waals surface area contributed by atoms with Crippen molar-refractivity contribution < 1.29 is 18.0 Å². The van der Waals surface area contributed by atoms with Gasteiger partial charge < -0.3 is 11.1 Å². The van der Waals surface area contributed by atoms with Gasteiger partial charge in [0.25, 0.3) is 5.91 Å². The largest absolute Gasteiger partial charge is 0.416 e. The van der Waals surface area contributed by atoms with Gasteiger partial charge in [-0.2, -0.15) is 18.3 Å². The van der Waals surface area contributed by atoms with Gasteiger partial charge in [0.1, 0.15) is 0 Å². The summed E-state index contributed by atoms with van der Waals surface area (Å²) in [4.78, 5) is 12.7. The molecule has 3 N–H and O–H groups in total. The Morgan fingerprint density at radius 2 is 1.97 bits per heavy atom. The van der Waals surface area contributed by atoms with Gasteiger partial charge in [0.2, 0.25) is 0 Å². The van der Waals surface area contributed by atoms with Crippen LogP contribution in [0.2, 0.25) is 5.02 Å². The summed E-state index contributed by atoms with van der Waals surface area (Å²) in [7, 11) is 1.75. The Morgan fingerprint density at radius 3 is 2.60 bits per heavy atom. The molecule has 0 aliphatic carbocycles. The summed E-state index contributed by atoms with van der Waals surface area (Å²) in [6.07, 6.45) is -2.91. The number of nitrogens with one attached hydrogen (secondary N) is 1. The van der Waals surface area contributed by atoms with Gasteiger partial charge in [-0.25, -0.2) is 0 Å². The number of nitrogens with zero attached hydrogens (tertiary/aromatic N) is 2. The second-order valence-corrected chi connectivity index (χ2v) is 7.21. The van der Waals surface area contributed by atoms with Gasteiger partial charge in [0, 0.05) is 42.0 Å². The topological polar surface area (TPSA) is 72.9 Å². The van der Waals surface area contributed by atoms with Crippen LogP contribution in [0.15, 0.2) is 54.7 Å². The maximum absolute atomic E-state index is 13.2. The minimum absolute atomic E-state index is 0.0138. The van der Waals surface area contributed by atoms with E-state index >= 15 is 0 Å². The highest BCUT2D eigenvalue weighted by molar-refractivity contribution is 6.33. The molecule has 1 heterocycles. The summed E-state index contributed by atoms with van der Waals surface area (Å²) < 4.78 is 41.3. The van der Waals surface area contributed by atoms with Crippen molar-refractivity contribution in [2.24, 2.45) is 12.8 Å². The van der Waals surface area contributed by atoms with Crippen LogP contribution in [0.3, 0.4) is 0 Å². The number of carbonyl (C=O) groups excluding carboxylic acids is 1. The molecule has 0 saturated heterocycles. The second kappa shape index (κ2) is 8.89. The van der Waals surface area contributed by atoms with Gasteiger partial charge >= 0.3 is 6.18 Å². The number of halogens is 4. The number of hydrogen-bond donors (Lipinski definition) is 2. The summed E-state index contributed by atoms with van der Waals surface area (Å²) >= 11 is 6.27. The first-order valence-electron chi connectivity index (χ1n) is 9.14. The van der Waals surface area contributed by atoms with E-state index in [0.29, 0.717) is 16.1 Å². The molecule has 3 rings (SSSR count). The van der Waals surface area contributed by atoms with Crippen LogP contribution in [0, 0.1) is 0 Å². The molecule has 0 fully saturated rings. The lowest BCUT2D eigenvalue weighted by Crippen LogP contribution is -2.42. The van der Waals surface area contributed by atoms with E-state index in [1.807, 2.05) is 0 Å². The predicted molar refractivity (Wildman–Crippen MR) is 109 cm³/mol. The lowest BCUT2D eigenvalue weighted by atomic mass is 9.99. The predicted octanol–water partition coefficient (Wildman–Crippen LogP) is 4.06. The normalized spacial score (nSPS) is 12.6. The van der Waals surface area contributed by atoms with Crippen molar-refractivity contribution >= 4 is 17.5 Å². The number of carbonyl (C=O) groups is 1. The molecule has 0 aliphatic heterocycles. The SMILES string of the molecule is Cn1nccc1-c1cc(C(=O)N[C@@H](CN)Cc2ccccc2C(F)(F)F)ccc1Cl. The fourth-order valence-electron chi connectivity index (χ4n) is 3.20. The molecule has 30 heavy (non-hydrogen) atoms. The smallest absolute Gasteiger partial charge is 0.348 e. The molecule has 1 amide bonds. The van der Waals surface area contributed by atoms with Crippen molar-refractivity contribution in [2.75, 3.05) is 6.54 Å². The molecule has 0 unspecified atom stereocenters. The molecule has 9 heteroatoms. The van der Waals surface area contributed by atoms with Gasteiger partial charge in [-0.3, -0.25) is 9.48 Å². The van der Waals surface area contributed by atoms with Crippen LogP contribution in [0.1, 0.15) is 21.5 Å². The summed E-state index contributed by atoms with van der Waals surface area (Å²) in [5.74, 6) is -0.449. The fourth-order valence-corrected chi connectivity index (χ4v) is 3.42. The van der Waals surface area contributed by atoms with E-state index in [-0.39, 0.29) is 18.5 Å². The van der Waals surface area contributed by atoms with Crippen molar-refractivity contribution in [3.8, 4) is 11.3 Å². The molecule has 3 aromatic rings. The standard InChI is InChI=1S/C21H20ClF3N4O/c1-29-19(8-9-27-29)16-11-14(6-7-18(16)22)20(30)28-15(12-26)10-13-4-2-3-5-17(13)21(23,24)25/h2-9,11,15H,10,12,26H2,1H3,(H,28,30)/t15-/m1/s1. The summed E-state index contributed by atoms with van der Waals surface area (Å²) in [6, 6.07) is 11.1. The van der Waals surface area contributed by atoms with E-state index in [2.05, 4.69) is 10.4 Å². The maximum Gasteiger partial charge on any atom is 0.416 e. The molecule has 2 aromatic carbocycles. The Bertz CT molecular complexity index is 1050. The Hall–Kier alpha value is -2.84. The molecular weight excluding hydrogens is 417 g/mol. The van der Waals surface area contributed by atoms with E-state index in [1.165, 1.54) is 18.2 Å². The molecular formula is C21H20ClF3N4O. The number of nitrogens with two attached hydrogens (primary N) is 1. The van der Waals surface area contributed by atoms with Crippen molar-refractivity contribution in [2.45, 2.75) is 18.6 Å². The van der Waals surface area contributed by atoms with Crippen molar-refractivity contribution in [1.82, 2.24) is 15.1 Å². The minimum atomic E-state index is -4.48. The third-order valence-corrected chi connectivity index (χ3v) is 5.06. The monoisotopic (exact) mass is 436 g/mol.